The van der Waals surface area contributed by atoms with Crippen LogP contribution in [0.1, 0.15) is 40.2 Å². The van der Waals surface area contributed by atoms with Crippen LogP contribution in [0.2, 0.25) is 0 Å². The number of aliphatic hydroxyl groups excluding tert-OH is 1. The molecule has 0 saturated carbocycles. The molecule has 24 heavy (non-hydrogen) atoms. The van der Waals surface area contributed by atoms with Crippen LogP contribution in [0.3, 0.4) is 0 Å². The van der Waals surface area contributed by atoms with Gasteiger partial charge >= 0.3 is 0 Å². The van der Waals surface area contributed by atoms with Crippen LogP contribution < -0.4 is 5.32 Å². The van der Waals surface area contributed by atoms with Crippen molar-refractivity contribution < 1.29 is 9.90 Å². The summed E-state index contributed by atoms with van der Waals surface area (Å²) in [5.41, 5.74) is 0.0119. The lowest BCUT2D eigenvalue weighted by atomic mass is 9.88. The number of aliphatic hydroxyl groups is 1. The Labute approximate surface area is 150 Å². The van der Waals surface area contributed by atoms with Crippen molar-refractivity contribution in [2.45, 2.75) is 46.2 Å². The van der Waals surface area contributed by atoms with Gasteiger partial charge in [-0.3, -0.25) is 14.5 Å². The number of thiophene rings is 1. The molecule has 0 aliphatic carbocycles. The Morgan fingerprint density at radius 2 is 2.25 bits per heavy atom. The lowest BCUT2D eigenvalue weighted by molar-refractivity contribution is -0.125. The number of aromatic amines is 1. The Kier molecular flexibility index (Phi) is 5.95. The van der Waals surface area contributed by atoms with Crippen LogP contribution in [0.15, 0.2) is 17.5 Å². The van der Waals surface area contributed by atoms with Gasteiger partial charge in [0.2, 0.25) is 5.91 Å². The third-order valence-electron chi connectivity index (χ3n) is 3.64. The van der Waals surface area contributed by atoms with Crippen LogP contribution in [-0.4, -0.2) is 38.4 Å². The number of amides is 1. The predicted octanol–water partition coefficient (Wildman–Crippen LogP) is 3.14. The molecule has 2 aromatic heterocycles. The van der Waals surface area contributed by atoms with E-state index in [4.69, 9.17) is 12.2 Å². The average Bonchev–Trinajstić information content (AvgIpc) is 3.13. The van der Waals surface area contributed by atoms with E-state index in [2.05, 4.69) is 36.3 Å². The number of nitrogens with one attached hydrogen (secondary N) is 2. The topological polar surface area (TPSA) is 82.9 Å². The fourth-order valence-electron chi connectivity index (χ4n) is 2.58. The molecule has 2 rings (SSSR count). The van der Waals surface area contributed by atoms with Gasteiger partial charge in [-0.15, -0.1) is 11.3 Å². The summed E-state index contributed by atoms with van der Waals surface area (Å²) in [5, 5.41) is 21.4. The number of carbonyl (C=O) groups is 1. The second kappa shape index (κ2) is 7.58. The first-order valence-corrected chi connectivity index (χ1v) is 9.13. The fourth-order valence-corrected chi connectivity index (χ4v) is 3.58. The second-order valence-electron chi connectivity index (χ2n) is 7.03. The molecule has 0 fully saturated rings. The van der Waals surface area contributed by atoms with Crippen LogP contribution in [0.25, 0.3) is 10.7 Å². The van der Waals surface area contributed by atoms with Gasteiger partial charge in [-0.2, -0.15) is 5.10 Å². The Bertz CT molecular complexity index is 728. The van der Waals surface area contributed by atoms with Gasteiger partial charge in [-0.05, 0) is 42.4 Å². The van der Waals surface area contributed by atoms with Gasteiger partial charge in [-0.25, -0.2) is 0 Å². The van der Waals surface area contributed by atoms with Crippen LogP contribution in [0.4, 0.5) is 0 Å². The van der Waals surface area contributed by atoms with Crippen molar-refractivity contribution in [3.8, 4) is 10.7 Å². The average molecular weight is 369 g/mol. The summed E-state index contributed by atoms with van der Waals surface area (Å²) in [5.74, 6) is 0.461. The summed E-state index contributed by atoms with van der Waals surface area (Å²) >= 11 is 6.83. The maximum absolute atomic E-state index is 12.6. The summed E-state index contributed by atoms with van der Waals surface area (Å²) in [6.07, 6.45) is 0.691. The van der Waals surface area contributed by atoms with E-state index in [1.54, 1.807) is 11.5 Å². The predicted molar refractivity (Wildman–Crippen MR) is 98.5 cm³/mol. The molecule has 2 atom stereocenters. The molecule has 2 heterocycles. The third-order valence-corrected chi connectivity index (χ3v) is 4.79. The second-order valence-corrected chi connectivity index (χ2v) is 8.36. The van der Waals surface area contributed by atoms with Gasteiger partial charge in [0.15, 0.2) is 10.6 Å². The van der Waals surface area contributed by atoms with Crippen LogP contribution in [-0.2, 0) is 4.79 Å². The summed E-state index contributed by atoms with van der Waals surface area (Å²) in [7, 11) is 0. The minimum Gasteiger partial charge on any atom is -0.394 e. The first kappa shape index (κ1) is 18.8. The molecule has 2 aromatic rings. The summed E-state index contributed by atoms with van der Waals surface area (Å²) in [6, 6.07) is 3.05. The van der Waals surface area contributed by atoms with Crippen LogP contribution in [0.5, 0.6) is 0 Å². The van der Waals surface area contributed by atoms with E-state index >= 15 is 0 Å². The van der Waals surface area contributed by atoms with E-state index in [9.17, 15) is 9.90 Å². The molecule has 0 bridgehead atoms. The van der Waals surface area contributed by atoms with Gasteiger partial charge in [0.25, 0.3) is 0 Å². The number of rotatable bonds is 6. The van der Waals surface area contributed by atoms with Crippen molar-refractivity contribution in [3.63, 3.8) is 0 Å². The standard InChI is InChI=1S/C16H24N4O2S2/c1-10(14(22)17-11(9-21)8-16(2,3)4)20-13(18-19-15(20)23)12-6-5-7-24-12/h5-7,10-11,21H,8-9H2,1-4H3,(H,17,22)(H,19,23)/t10-,11-/m1/s1. The SMILES string of the molecule is C[C@H](C(=O)N[C@@H](CO)CC(C)(C)C)n1c(-c2cccs2)n[nH]c1=S. The zero-order valence-corrected chi connectivity index (χ0v) is 16.0. The number of hydrogen-bond acceptors (Lipinski definition) is 5. The third kappa shape index (κ3) is 4.52. The smallest absolute Gasteiger partial charge is 0.243 e. The highest BCUT2D eigenvalue weighted by Gasteiger charge is 2.25. The van der Waals surface area contributed by atoms with Crippen molar-refractivity contribution in [1.29, 1.82) is 0 Å². The Morgan fingerprint density at radius 1 is 1.54 bits per heavy atom. The molecule has 0 aliphatic heterocycles. The molecule has 0 radical (unpaired) electrons. The van der Waals surface area contributed by atoms with E-state index in [1.807, 2.05) is 17.5 Å². The highest BCUT2D eigenvalue weighted by molar-refractivity contribution is 7.71. The zero-order valence-electron chi connectivity index (χ0n) is 14.4. The Morgan fingerprint density at radius 3 is 2.79 bits per heavy atom. The molecule has 8 heteroatoms. The monoisotopic (exact) mass is 368 g/mol. The van der Waals surface area contributed by atoms with Gasteiger partial charge in [-0.1, -0.05) is 26.8 Å². The van der Waals surface area contributed by atoms with E-state index in [1.165, 1.54) is 11.3 Å². The van der Waals surface area contributed by atoms with E-state index in [0.717, 1.165) is 4.88 Å². The van der Waals surface area contributed by atoms with Gasteiger partial charge in [0, 0.05) is 0 Å². The van der Waals surface area contributed by atoms with E-state index in [0.29, 0.717) is 17.0 Å². The maximum Gasteiger partial charge on any atom is 0.243 e. The fraction of sp³-hybridized carbons (Fsp3) is 0.562. The number of H-pyrrole nitrogens is 1. The van der Waals surface area contributed by atoms with Crippen molar-refractivity contribution in [1.82, 2.24) is 20.1 Å². The summed E-state index contributed by atoms with van der Waals surface area (Å²) < 4.78 is 2.11. The number of nitrogens with zero attached hydrogens (tertiary/aromatic N) is 2. The lowest BCUT2D eigenvalue weighted by Crippen LogP contribution is -2.43. The number of carbonyl (C=O) groups excluding carboxylic acids is 1. The first-order chi connectivity index (χ1) is 11.2. The lowest BCUT2D eigenvalue weighted by Gasteiger charge is -2.26. The Hall–Kier alpha value is -1.51. The summed E-state index contributed by atoms with van der Waals surface area (Å²) in [4.78, 5) is 13.6. The quantitative estimate of drug-likeness (QED) is 0.684. The zero-order chi connectivity index (χ0) is 17.9. The molecule has 0 aromatic carbocycles. The molecule has 0 unspecified atom stereocenters. The summed E-state index contributed by atoms with van der Waals surface area (Å²) in [6.45, 7) is 7.92. The highest BCUT2D eigenvalue weighted by Crippen LogP contribution is 2.26. The molecule has 0 spiro atoms. The van der Waals surface area contributed by atoms with Gasteiger partial charge < -0.3 is 10.4 Å². The molecule has 3 N–H and O–H groups in total. The van der Waals surface area contributed by atoms with Crippen LogP contribution >= 0.6 is 23.6 Å². The molecule has 0 aliphatic rings. The largest absolute Gasteiger partial charge is 0.394 e. The molecule has 0 saturated heterocycles. The minimum absolute atomic E-state index is 0.0119. The van der Waals surface area contributed by atoms with Gasteiger partial charge in [0.1, 0.15) is 6.04 Å². The van der Waals surface area contributed by atoms with Crippen LogP contribution in [0, 0.1) is 10.2 Å². The molecule has 132 valence electrons. The van der Waals surface area contributed by atoms with E-state index < -0.39 is 6.04 Å². The normalized spacial score (nSPS) is 14.4. The van der Waals surface area contributed by atoms with Crippen molar-refractivity contribution in [2.75, 3.05) is 6.61 Å². The molecule has 6 nitrogen and oxygen atoms in total. The maximum atomic E-state index is 12.6. The highest BCUT2D eigenvalue weighted by atomic mass is 32.1. The molecule has 1 amide bonds. The van der Waals surface area contributed by atoms with Crippen molar-refractivity contribution >= 4 is 29.5 Å². The van der Waals surface area contributed by atoms with Gasteiger partial charge in [0.05, 0.1) is 17.5 Å². The minimum atomic E-state index is -0.526. The van der Waals surface area contributed by atoms with Crippen molar-refractivity contribution in [3.05, 3.63) is 22.3 Å². The van der Waals surface area contributed by atoms with E-state index in [-0.39, 0.29) is 24.0 Å². The molecular formula is C16H24N4O2S2. The number of hydrogen-bond donors (Lipinski definition) is 3. The first-order valence-electron chi connectivity index (χ1n) is 7.85. The number of aromatic nitrogens is 3. The van der Waals surface area contributed by atoms with Crippen molar-refractivity contribution in [2.24, 2.45) is 5.41 Å². The molecular weight excluding hydrogens is 344 g/mol. The Balaban J connectivity index is 2.20.